The van der Waals surface area contributed by atoms with E-state index in [1.807, 2.05) is 31.2 Å². The summed E-state index contributed by atoms with van der Waals surface area (Å²) < 4.78 is 7.43. The van der Waals surface area contributed by atoms with Crippen LogP contribution in [0, 0.1) is 0 Å². The van der Waals surface area contributed by atoms with Crippen LogP contribution in [0.1, 0.15) is 56.5 Å². The van der Waals surface area contributed by atoms with E-state index in [1.165, 1.54) is 17.3 Å². The topological polar surface area (TPSA) is 61.2 Å². The molecule has 1 aliphatic rings. The number of nitrogens with zero attached hydrogens (tertiary/aromatic N) is 2. The zero-order chi connectivity index (χ0) is 23.8. The van der Waals surface area contributed by atoms with E-state index in [0.717, 1.165) is 12.8 Å². The molecule has 0 bridgehead atoms. The van der Waals surface area contributed by atoms with Crippen LogP contribution in [0.5, 0.6) is 0 Å². The summed E-state index contributed by atoms with van der Waals surface area (Å²) in [6.45, 7) is 9.43. The average molecular weight is 485 g/mol. The van der Waals surface area contributed by atoms with Crippen molar-refractivity contribution in [1.29, 1.82) is 0 Å². The molecule has 0 saturated carbocycles. The van der Waals surface area contributed by atoms with Crippen LogP contribution in [0.25, 0.3) is 10.9 Å². The minimum atomic E-state index is -0.412. The summed E-state index contributed by atoms with van der Waals surface area (Å²) in [5, 5.41) is 1.13. The fourth-order valence-electron chi connectivity index (χ4n) is 4.00. The number of Topliss-reactive ketones (excluding diaryl/α,β-unsaturated/α-hetero) is 1. The van der Waals surface area contributed by atoms with E-state index in [-0.39, 0.29) is 22.9 Å². The maximum absolute atomic E-state index is 13.3. The molecule has 0 spiro atoms. The number of benzene rings is 2. The van der Waals surface area contributed by atoms with E-state index < -0.39 is 5.25 Å². The van der Waals surface area contributed by atoms with Gasteiger partial charge < -0.3 is 4.74 Å². The number of halogens is 1. The molecule has 0 aliphatic carbocycles. The number of hydrogen-bond acceptors (Lipinski definition) is 5. The van der Waals surface area contributed by atoms with Crippen LogP contribution < -0.4 is 5.56 Å². The first-order valence-corrected chi connectivity index (χ1v) is 12.5. The van der Waals surface area contributed by atoms with Gasteiger partial charge in [0.05, 0.1) is 28.8 Å². The van der Waals surface area contributed by atoms with Crippen molar-refractivity contribution in [2.24, 2.45) is 0 Å². The summed E-state index contributed by atoms with van der Waals surface area (Å²) in [5.41, 5.74) is 2.26. The zero-order valence-electron chi connectivity index (χ0n) is 19.4. The maximum atomic E-state index is 13.3. The lowest BCUT2D eigenvalue weighted by molar-refractivity contribution is 0.0937. The Kier molecular flexibility index (Phi) is 6.99. The molecule has 33 heavy (non-hydrogen) atoms. The Hall–Kier alpha value is -2.15. The Morgan fingerprint density at radius 1 is 1.24 bits per heavy atom. The summed E-state index contributed by atoms with van der Waals surface area (Å²) in [6.07, 6.45) is 1.87. The number of thioether (sulfide) groups is 1. The number of hydrogen-bond donors (Lipinski definition) is 0. The number of fused-ring (bicyclic) bond motifs is 1. The molecule has 0 N–H and O–H groups in total. The minimum Gasteiger partial charge on any atom is -0.376 e. The molecule has 2 atom stereocenters. The lowest BCUT2D eigenvalue weighted by atomic mass is 9.86. The van der Waals surface area contributed by atoms with Gasteiger partial charge in [-0.2, -0.15) is 0 Å². The Bertz CT molecular complexity index is 1230. The van der Waals surface area contributed by atoms with Gasteiger partial charge in [0.1, 0.15) is 0 Å². The van der Waals surface area contributed by atoms with Crippen molar-refractivity contribution in [2.75, 3.05) is 6.61 Å². The van der Waals surface area contributed by atoms with Crippen molar-refractivity contribution in [3.63, 3.8) is 0 Å². The third-order valence-electron chi connectivity index (χ3n) is 5.98. The van der Waals surface area contributed by atoms with Crippen molar-refractivity contribution >= 4 is 40.0 Å². The van der Waals surface area contributed by atoms with E-state index in [0.29, 0.717) is 39.8 Å². The third kappa shape index (κ3) is 5.34. The van der Waals surface area contributed by atoms with Crippen LogP contribution >= 0.6 is 23.4 Å². The molecule has 1 aliphatic heterocycles. The van der Waals surface area contributed by atoms with Gasteiger partial charge in [0, 0.05) is 17.2 Å². The van der Waals surface area contributed by atoms with Gasteiger partial charge in [-0.1, -0.05) is 68.4 Å². The fourth-order valence-corrected chi connectivity index (χ4v) is 5.16. The largest absolute Gasteiger partial charge is 0.376 e. The van der Waals surface area contributed by atoms with Crippen molar-refractivity contribution in [2.45, 2.75) is 69.0 Å². The predicted octanol–water partition coefficient (Wildman–Crippen LogP) is 5.89. The molecule has 7 heteroatoms. The van der Waals surface area contributed by atoms with E-state index in [4.69, 9.17) is 21.3 Å². The highest BCUT2D eigenvalue weighted by molar-refractivity contribution is 8.00. The summed E-state index contributed by atoms with van der Waals surface area (Å²) in [5.74, 6) is 0.00423. The Morgan fingerprint density at radius 2 is 1.97 bits per heavy atom. The monoisotopic (exact) mass is 484 g/mol. The van der Waals surface area contributed by atoms with Gasteiger partial charge >= 0.3 is 0 Å². The average Bonchev–Trinajstić information content (AvgIpc) is 3.28. The molecule has 2 aromatic carbocycles. The Morgan fingerprint density at radius 3 is 2.61 bits per heavy atom. The molecule has 2 heterocycles. The van der Waals surface area contributed by atoms with E-state index >= 15 is 0 Å². The van der Waals surface area contributed by atoms with Crippen LogP contribution in [-0.2, 0) is 16.7 Å². The lowest BCUT2D eigenvalue weighted by Crippen LogP contribution is -2.29. The normalized spacial score (nSPS) is 17.4. The van der Waals surface area contributed by atoms with Gasteiger partial charge in [-0.05, 0) is 48.9 Å². The van der Waals surface area contributed by atoms with Gasteiger partial charge in [-0.15, -0.1) is 0 Å². The predicted molar refractivity (Wildman–Crippen MR) is 135 cm³/mol. The second-order valence-corrected chi connectivity index (χ2v) is 11.3. The van der Waals surface area contributed by atoms with Crippen LogP contribution in [0.2, 0.25) is 5.02 Å². The highest BCUT2D eigenvalue weighted by Crippen LogP contribution is 2.28. The van der Waals surface area contributed by atoms with Crippen LogP contribution in [0.3, 0.4) is 0 Å². The van der Waals surface area contributed by atoms with Crippen LogP contribution in [-0.4, -0.2) is 33.3 Å². The highest BCUT2D eigenvalue weighted by Gasteiger charge is 2.24. The molecule has 0 unspecified atom stereocenters. The molecule has 1 fully saturated rings. The van der Waals surface area contributed by atoms with Gasteiger partial charge in [-0.25, -0.2) is 4.98 Å². The highest BCUT2D eigenvalue weighted by atomic mass is 35.5. The first kappa shape index (κ1) is 24.0. The minimum absolute atomic E-state index is 0.00423. The van der Waals surface area contributed by atoms with E-state index in [9.17, 15) is 9.59 Å². The van der Waals surface area contributed by atoms with Crippen molar-refractivity contribution < 1.29 is 9.53 Å². The molecule has 1 saturated heterocycles. The summed E-state index contributed by atoms with van der Waals surface area (Å²) >= 11 is 7.46. The van der Waals surface area contributed by atoms with Crippen molar-refractivity contribution in [3.8, 4) is 0 Å². The number of carbonyl (C=O) groups excluding carboxylic acids is 1. The molecule has 3 aromatic rings. The molecule has 0 amide bonds. The SMILES string of the molecule is C[C@H](Sc1nc2cc(Cl)ccc2c(=O)n1C[C@H]1CCCO1)C(=O)c1ccc(C(C)(C)C)cc1. The van der Waals surface area contributed by atoms with Gasteiger partial charge in [-0.3, -0.25) is 14.2 Å². The molecular formula is C26H29ClN2O3S. The summed E-state index contributed by atoms with van der Waals surface area (Å²) in [6, 6.07) is 12.9. The number of ketones is 1. The number of rotatable bonds is 6. The second-order valence-electron chi connectivity index (χ2n) is 9.56. The third-order valence-corrected chi connectivity index (χ3v) is 7.30. The number of aromatic nitrogens is 2. The smallest absolute Gasteiger partial charge is 0.262 e. The van der Waals surface area contributed by atoms with Crippen molar-refractivity contribution in [1.82, 2.24) is 9.55 Å². The second kappa shape index (κ2) is 9.61. The standard InChI is InChI=1S/C26H29ClN2O3S/c1-16(23(30)17-7-9-18(10-8-17)26(2,3)4)33-25-28-22-14-19(27)11-12-21(22)24(31)29(25)15-20-6-5-13-32-20/h7-12,14,16,20H,5-6,13,15H2,1-4H3/t16-,20+/m0/s1. The molecule has 4 rings (SSSR count). The number of carbonyl (C=O) groups is 1. The van der Waals surface area contributed by atoms with Crippen molar-refractivity contribution in [3.05, 3.63) is 69.0 Å². The van der Waals surface area contributed by atoms with E-state index in [1.54, 1.807) is 22.8 Å². The molecule has 0 radical (unpaired) electrons. The zero-order valence-corrected chi connectivity index (χ0v) is 21.0. The van der Waals surface area contributed by atoms with E-state index in [2.05, 4.69) is 20.8 Å². The van der Waals surface area contributed by atoms with Gasteiger partial charge in [0.15, 0.2) is 10.9 Å². The number of ether oxygens (including phenoxy) is 1. The maximum Gasteiger partial charge on any atom is 0.262 e. The van der Waals surface area contributed by atoms with Gasteiger partial charge in [0.25, 0.3) is 5.56 Å². The Labute approximate surface area is 203 Å². The summed E-state index contributed by atoms with van der Waals surface area (Å²) in [7, 11) is 0. The first-order valence-electron chi connectivity index (χ1n) is 11.3. The van der Waals surface area contributed by atoms with Crippen LogP contribution in [0.4, 0.5) is 0 Å². The Balaban J connectivity index is 1.65. The molecule has 174 valence electrons. The molecule has 1 aromatic heterocycles. The molecule has 5 nitrogen and oxygen atoms in total. The van der Waals surface area contributed by atoms with Crippen LogP contribution in [0.15, 0.2) is 52.4 Å². The van der Waals surface area contributed by atoms with Gasteiger partial charge in [0.2, 0.25) is 0 Å². The first-order chi connectivity index (χ1) is 15.6. The fraction of sp³-hybridized carbons (Fsp3) is 0.423. The quantitative estimate of drug-likeness (QED) is 0.248. The summed E-state index contributed by atoms with van der Waals surface area (Å²) in [4.78, 5) is 31.2. The molecular weight excluding hydrogens is 456 g/mol. The lowest BCUT2D eigenvalue weighted by Gasteiger charge is -2.20.